The highest BCUT2D eigenvalue weighted by atomic mass is 16.4. The highest BCUT2D eigenvalue weighted by molar-refractivity contribution is 5.81. The van der Waals surface area contributed by atoms with Crippen LogP contribution in [0.2, 0.25) is 0 Å². The first kappa shape index (κ1) is 12.5. The number of amides is 1. The molecule has 88 valence electrons. The monoisotopic (exact) mass is 223 g/mol. The molecule has 0 bridgehead atoms. The summed E-state index contributed by atoms with van der Waals surface area (Å²) in [6, 6.07) is 0. The van der Waals surface area contributed by atoms with Crippen molar-refractivity contribution in [3.05, 3.63) is 24.8 Å². The number of rotatable bonds is 6. The Balaban J connectivity index is 2.48. The van der Waals surface area contributed by atoms with Gasteiger partial charge in [0.25, 0.3) is 0 Å². The Hall–Kier alpha value is -1.58. The molecule has 0 aromatic rings. The van der Waals surface area contributed by atoms with Gasteiger partial charge in [-0.3, -0.25) is 9.59 Å². The number of aliphatic carboxylic acids is 1. The van der Waals surface area contributed by atoms with Crippen LogP contribution in [-0.2, 0) is 9.59 Å². The van der Waals surface area contributed by atoms with E-state index >= 15 is 0 Å². The van der Waals surface area contributed by atoms with Crippen molar-refractivity contribution >= 4 is 11.9 Å². The fourth-order valence-electron chi connectivity index (χ4n) is 1.79. The lowest BCUT2D eigenvalue weighted by molar-refractivity contribution is -0.144. The van der Waals surface area contributed by atoms with E-state index in [1.807, 2.05) is 6.08 Å². The lowest BCUT2D eigenvalue weighted by Gasteiger charge is -2.20. The minimum atomic E-state index is -0.989. The Morgan fingerprint density at radius 1 is 1.56 bits per heavy atom. The summed E-state index contributed by atoms with van der Waals surface area (Å²) < 4.78 is 0. The first-order valence-corrected chi connectivity index (χ1v) is 5.40. The van der Waals surface area contributed by atoms with Gasteiger partial charge in [0.1, 0.15) is 6.54 Å². The summed E-state index contributed by atoms with van der Waals surface area (Å²) in [4.78, 5) is 23.7. The predicted octanol–water partition coefficient (Wildman–Crippen LogP) is 1.44. The fraction of sp³-hybridized carbons (Fsp3) is 0.500. The molecule has 0 heterocycles. The maximum atomic E-state index is 11.8. The molecule has 4 heteroatoms. The molecule has 0 fully saturated rings. The van der Waals surface area contributed by atoms with E-state index in [2.05, 4.69) is 12.7 Å². The van der Waals surface area contributed by atoms with Crippen LogP contribution in [0.4, 0.5) is 0 Å². The van der Waals surface area contributed by atoms with Crippen LogP contribution in [-0.4, -0.2) is 35.0 Å². The van der Waals surface area contributed by atoms with E-state index in [9.17, 15) is 9.59 Å². The van der Waals surface area contributed by atoms with E-state index in [1.54, 1.807) is 6.08 Å². The Morgan fingerprint density at radius 3 is 2.81 bits per heavy atom. The fourth-order valence-corrected chi connectivity index (χ4v) is 1.79. The van der Waals surface area contributed by atoms with Crippen molar-refractivity contribution in [1.29, 1.82) is 0 Å². The minimum Gasteiger partial charge on any atom is -0.480 e. The third-order valence-corrected chi connectivity index (χ3v) is 2.58. The lowest BCUT2D eigenvalue weighted by atomic mass is 10.0. The van der Waals surface area contributed by atoms with Gasteiger partial charge in [0.2, 0.25) is 5.91 Å². The second-order valence-corrected chi connectivity index (χ2v) is 3.93. The normalized spacial score (nSPS) is 18.4. The Bertz CT molecular complexity index is 309. The molecule has 0 unspecified atom stereocenters. The number of carboxylic acid groups (broad SMARTS) is 1. The zero-order chi connectivity index (χ0) is 12.0. The van der Waals surface area contributed by atoms with E-state index in [-0.39, 0.29) is 18.4 Å². The molecule has 0 aromatic carbocycles. The molecule has 0 saturated heterocycles. The van der Waals surface area contributed by atoms with Crippen LogP contribution in [0.3, 0.4) is 0 Å². The van der Waals surface area contributed by atoms with Crippen LogP contribution in [0.1, 0.15) is 19.3 Å². The number of hydrogen-bond donors (Lipinski definition) is 1. The molecular weight excluding hydrogens is 206 g/mol. The average Bonchev–Trinajstić information content (AvgIpc) is 2.69. The van der Waals surface area contributed by atoms with Crippen molar-refractivity contribution < 1.29 is 14.7 Å². The number of carbonyl (C=O) groups excluding carboxylic acids is 1. The number of carbonyl (C=O) groups is 2. The van der Waals surface area contributed by atoms with E-state index in [1.165, 1.54) is 4.90 Å². The number of hydrogen-bond acceptors (Lipinski definition) is 2. The molecule has 1 atom stereocenters. The molecule has 0 aromatic heterocycles. The summed E-state index contributed by atoms with van der Waals surface area (Å²) in [5, 5.41) is 8.68. The number of nitrogens with zero attached hydrogens (tertiary/aromatic N) is 1. The zero-order valence-corrected chi connectivity index (χ0v) is 9.26. The number of carboxylic acids is 1. The lowest BCUT2D eigenvalue weighted by Crippen LogP contribution is -2.36. The van der Waals surface area contributed by atoms with E-state index < -0.39 is 5.97 Å². The molecular formula is C12H17NO3. The molecule has 0 aliphatic heterocycles. The molecule has 0 saturated carbocycles. The molecule has 0 radical (unpaired) electrons. The second kappa shape index (κ2) is 6.10. The van der Waals surface area contributed by atoms with Gasteiger partial charge >= 0.3 is 5.97 Å². The van der Waals surface area contributed by atoms with Crippen LogP contribution in [0, 0.1) is 5.92 Å². The van der Waals surface area contributed by atoms with Gasteiger partial charge in [-0.25, -0.2) is 0 Å². The third-order valence-electron chi connectivity index (χ3n) is 2.58. The van der Waals surface area contributed by atoms with Gasteiger partial charge in [0.15, 0.2) is 0 Å². The number of allylic oxidation sites excluding steroid dienone is 2. The van der Waals surface area contributed by atoms with Gasteiger partial charge in [0.05, 0.1) is 0 Å². The van der Waals surface area contributed by atoms with Gasteiger partial charge in [-0.1, -0.05) is 18.2 Å². The van der Waals surface area contributed by atoms with Crippen LogP contribution < -0.4 is 0 Å². The predicted molar refractivity (Wildman–Crippen MR) is 60.9 cm³/mol. The largest absolute Gasteiger partial charge is 0.480 e. The van der Waals surface area contributed by atoms with Gasteiger partial charge < -0.3 is 10.0 Å². The topological polar surface area (TPSA) is 57.6 Å². The van der Waals surface area contributed by atoms with Gasteiger partial charge in [-0.05, 0) is 18.8 Å². The van der Waals surface area contributed by atoms with Crippen molar-refractivity contribution in [2.45, 2.75) is 19.3 Å². The van der Waals surface area contributed by atoms with Gasteiger partial charge in [0, 0.05) is 13.0 Å². The van der Waals surface area contributed by atoms with E-state index in [0.717, 1.165) is 12.8 Å². The van der Waals surface area contributed by atoms with Crippen molar-refractivity contribution in [2.24, 2.45) is 5.92 Å². The molecule has 1 N–H and O–H groups in total. The van der Waals surface area contributed by atoms with E-state index in [0.29, 0.717) is 13.0 Å². The first-order valence-electron chi connectivity index (χ1n) is 5.40. The second-order valence-electron chi connectivity index (χ2n) is 3.93. The third kappa shape index (κ3) is 3.88. The maximum Gasteiger partial charge on any atom is 0.323 e. The summed E-state index contributed by atoms with van der Waals surface area (Å²) in [5.41, 5.74) is 0. The first-order chi connectivity index (χ1) is 7.63. The summed E-state index contributed by atoms with van der Waals surface area (Å²) in [6.45, 7) is 3.57. The molecule has 1 rings (SSSR count). The Morgan fingerprint density at radius 2 is 2.31 bits per heavy atom. The molecule has 4 nitrogen and oxygen atoms in total. The highest BCUT2D eigenvalue weighted by Gasteiger charge is 2.20. The van der Waals surface area contributed by atoms with Crippen molar-refractivity contribution in [1.82, 2.24) is 4.90 Å². The minimum absolute atomic E-state index is 0.112. The maximum absolute atomic E-state index is 11.8. The van der Waals surface area contributed by atoms with Crippen molar-refractivity contribution in [3.63, 3.8) is 0 Å². The van der Waals surface area contributed by atoms with Crippen molar-refractivity contribution in [3.8, 4) is 0 Å². The SMILES string of the molecule is C=CCN(CC(=O)O)C(=O)C[C@H]1C=CCC1. The van der Waals surface area contributed by atoms with Crippen LogP contribution in [0.5, 0.6) is 0 Å². The van der Waals surface area contributed by atoms with Crippen LogP contribution in [0.25, 0.3) is 0 Å². The molecule has 1 aliphatic rings. The van der Waals surface area contributed by atoms with E-state index in [4.69, 9.17) is 5.11 Å². The average molecular weight is 223 g/mol. The summed E-state index contributed by atoms with van der Waals surface area (Å²) >= 11 is 0. The molecule has 1 aliphatic carbocycles. The smallest absolute Gasteiger partial charge is 0.323 e. The summed E-state index contributed by atoms with van der Waals surface area (Å²) in [7, 11) is 0. The van der Waals surface area contributed by atoms with Gasteiger partial charge in [-0.15, -0.1) is 6.58 Å². The quantitative estimate of drug-likeness (QED) is 0.693. The Kier molecular flexibility index (Phi) is 4.76. The molecule has 0 spiro atoms. The molecule has 1 amide bonds. The molecule has 16 heavy (non-hydrogen) atoms. The van der Waals surface area contributed by atoms with Gasteiger partial charge in [-0.2, -0.15) is 0 Å². The van der Waals surface area contributed by atoms with Crippen LogP contribution >= 0.6 is 0 Å². The Labute approximate surface area is 95.2 Å². The zero-order valence-electron chi connectivity index (χ0n) is 9.26. The standard InChI is InChI=1S/C12H17NO3/c1-2-7-13(9-12(15)16)11(14)8-10-5-3-4-6-10/h2-3,5,10H,1,4,6-9H2,(H,15,16)/t10-/m0/s1. The summed E-state index contributed by atoms with van der Waals surface area (Å²) in [5.74, 6) is -0.829. The van der Waals surface area contributed by atoms with Crippen LogP contribution in [0.15, 0.2) is 24.8 Å². The highest BCUT2D eigenvalue weighted by Crippen LogP contribution is 2.21. The summed E-state index contributed by atoms with van der Waals surface area (Å²) in [6.07, 6.45) is 8.04. The van der Waals surface area contributed by atoms with Crippen molar-refractivity contribution in [2.75, 3.05) is 13.1 Å².